The van der Waals surface area contributed by atoms with E-state index in [1.54, 1.807) is 16.8 Å². The zero-order valence-corrected chi connectivity index (χ0v) is 18.2. The van der Waals surface area contributed by atoms with Gasteiger partial charge in [-0.15, -0.1) is 0 Å². The minimum Gasteiger partial charge on any atom is -0.480 e. The van der Waals surface area contributed by atoms with Crippen LogP contribution in [-0.4, -0.2) is 48.1 Å². The number of nitrogens with zero attached hydrogens (tertiary/aromatic N) is 1. The molecule has 1 aromatic rings. The van der Waals surface area contributed by atoms with Crippen LogP contribution in [0.2, 0.25) is 0 Å². The molecule has 9 heteroatoms. The van der Waals surface area contributed by atoms with E-state index < -0.39 is 30.4 Å². The van der Waals surface area contributed by atoms with Crippen molar-refractivity contribution in [3.8, 4) is 0 Å². The van der Waals surface area contributed by atoms with Gasteiger partial charge in [0.05, 0.1) is 12.1 Å². The van der Waals surface area contributed by atoms with Crippen molar-refractivity contribution in [1.82, 2.24) is 5.32 Å². The Labute approximate surface area is 179 Å². The van der Waals surface area contributed by atoms with Crippen molar-refractivity contribution in [3.63, 3.8) is 0 Å². The highest BCUT2D eigenvalue weighted by Gasteiger charge is 2.61. The molecule has 30 heavy (non-hydrogen) atoms. The van der Waals surface area contributed by atoms with Crippen LogP contribution in [0.15, 0.2) is 16.8 Å². The molecule has 164 valence electrons. The zero-order valence-electron chi connectivity index (χ0n) is 17.4. The Hall–Kier alpha value is -2.42. The molecule has 0 aliphatic heterocycles. The molecule has 3 rings (SSSR count). The number of carboxylic acids is 1. The van der Waals surface area contributed by atoms with Crippen LogP contribution in [0.4, 0.5) is 5.69 Å². The summed E-state index contributed by atoms with van der Waals surface area (Å²) in [4.78, 5) is 49.1. The number of carbonyl (C=O) groups is 4. The number of hydrogen-bond acceptors (Lipinski definition) is 6. The predicted molar refractivity (Wildman–Crippen MR) is 111 cm³/mol. The summed E-state index contributed by atoms with van der Waals surface area (Å²) >= 11 is 1.31. The monoisotopic (exact) mass is 436 g/mol. The third-order valence-corrected chi connectivity index (χ3v) is 7.37. The molecular weight excluding hydrogens is 408 g/mol. The number of carbonyl (C=O) groups excluding carboxylic acids is 3. The van der Waals surface area contributed by atoms with E-state index in [9.17, 15) is 24.3 Å². The van der Waals surface area contributed by atoms with Gasteiger partial charge >= 0.3 is 11.9 Å². The van der Waals surface area contributed by atoms with Crippen LogP contribution in [-0.2, 0) is 23.9 Å². The Kier molecular flexibility index (Phi) is 6.21. The van der Waals surface area contributed by atoms with E-state index >= 15 is 0 Å². The van der Waals surface area contributed by atoms with Gasteiger partial charge in [0.2, 0.25) is 6.41 Å². The Morgan fingerprint density at radius 1 is 1.40 bits per heavy atom. The quantitative estimate of drug-likeness (QED) is 0.454. The first-order valence-corrected chi connectivity index (χ1v) is 11.0. The summed E-state index contributed by atoms with van der Waals surface area (Å²) < 4.78 is 5.86. The number of nitrogens with one attached hydrogen (secondary N) is 1. The average molecular weight is 437 g/mol. The summed E-state index contributed by atoms with van der Waals surface area (Å²) in [6.45, 7) is 5.78. The van der Waals surface area contributed by atoms with Gasteiger partial charge in [-0.1, -0.05) is 20.8 Å². The number of amides is 2. The summed E-state index contributed by atoms with van der Waals surface area (Å²) in [5, 5.41) is 14.9. The third kappa shape index (κ3) is 4.21. The van der Waals surface area contributed by atoms with Crippen molar-refractivity contribution in [2.24, 2.45) is 16.7 Å². The topological polar surface area (TPSA) is 113 Å². The second-order valence-corrected chi connectivity index (χ2v) is 9.91. The number of hydrogen-bond donors (Lipinski definition) is 2. The summed E-state index contributed by atoms with van der Waals surface area (Å²) in [5.74, 6) is -1.94. The van der Waals surface area contributed by atoms with Gasteiger partial charge in [-0.3, -0.25) is 24.1 Å². The van der Waals surface area contributed by atoms with Crippen molar-refractivity contribution >= 4 is 41.3 Å². The smallest absolute Gasteiger partial charge is 0.323 e. The number of rotatable bonds is 9. The maximum Gasteiger partial charge on any atom is 0.323 e. The fraction of sp³-hybridized carbons (Fsp3) is 0.619. The van der Waals surface area contributed by atoms with Crippen LogP contribution in [0.3, 0.4) is 0 Å². The lowest BCUT2D eigenvalue weighted by Gasteiger charge is -2.41. The molecule has 1 heterocycles. The van der Waals surface area contributed by atoms with E-state index in [2.05, 4.69) is 26.1 Å². The normalized spacial score (nSPS) is 27.3. The summed E-state index contributed by atoms with van der Waals surface area (Å²) in [6.07, 6.45) is 2.86. The minimum absolute atomic E-state index is 0.0760. The number of anilines is 1. The average Bonchev–Trinajstić information content (AvgIpc) is 3.36. The van der Waals surface area contributed by atoms with Gasteiger partial charge < -0.3 is 15.2 Å². The molecule has 2 bridgehead atoms. The van der Waals surface area contributed by atoms with E-state index in [0.717, 1.165) is 24.2 Å². The van der Waals surface area contributed by atoms with E-state index in [4.69, 9.17) is 4.74 Å². The maximum atomic E-state index is 13.0. The molecule has 0 aromatic carbocycles. The molecular formula is C21H28N2O6S. The maximum absolute atomic E-state index is 13.0. The Balaban J connectivity index is 1.73. The number of aliphatic carboxylic acids is 1. The van der Waals surface area contributed by atoms with E-state index in [-0.39, 0.29) is 23.4 Å². The first-order chi connectivity index (χ1) is 14.1. The molecule has 0 spiro atoms. The zero-order chi connectivity index (χ0) is 22.1. The third-order valence-electron chi connectivity index (χ3n) is 6.70. The summed E-state index contributed by atoms with van der Waals surface area (Å²) in [5.41, 5.74) is 0.180. The van der Waals surface area contributed by atoms with Crippen molar-refractivity contribution in [2.45, 2.75) is 58.6 Å². The van der Waals surface area contributed by atoms with E-state index in [1.807, 2.05) is 0 Å². The molecule has 2 amide bonds. The summed E-state index contributed by atoms with van der Waals surface area (Å²) in [6, 6.07) is 0.407. The lowest BCUT2D eigenvalue weighted by Crippen LogP contribution is -2.50. The van der Waals surface area contributed by atoms with E-state index in [1.165, 1.54) is 11.3 Å². The number of thiophene rings is 1. The van der Waals surface area contributed by atoms with Crippen molar-refractivity contribution in [1.29, 1.82) is 0 Å². The van der Waals surface area contributed by atoms with Gasteiger partial charge in [-0.25, -0.2) is 0 Å². The van der Waals surface area contributed by atoms with Gasteiger partial charge in [0.1, 0.15) is 18.7 Å². The highest BCUT2D eigenvalue weighted by Crippen LogP contribution is 2.63. The number of ether oxygens (including phenoxy) is 1. The van der Waals surface area contributed by atoms with E-state index in [0.29, 0.717) is 18.0 Å². The van der Waals surface area contributed by atoms with Gasteiger partial charge in [-0.05, 0) is 36.6 Å². The molecule has 3 unspecified atom stereocenters. The van der Waals surface area contributed by atoms with Crippen LogP contribution in [0, 0.1) is 16.7 Å². The first kappa shape index (κ1) is 22.3. The van der Waals surface area contributed by atoms with Crippen LogP contribution in [0.5, 0.6) is 0 Å². The highest BCUT2D eigenvalue weighted by atomic mass is 32.1. The number of carboxylic acid groups (broad SMARTS) is 1. The first-order valence-electron chi connectivity index (χ1n) is 10.0. The minimum atomic E-state index is -1.20. The van der Waals surface area contributed by atoms with Gasteiger partial charge in [0.15, 0.2) is 0 Å². The number of fused-ring (bicyclic) bond motifs is 2. The Morgan fingerprint density at radius 2 is 2.13 bits per heavy atom. The summed E-state index contributed by atoms with van der Waals surface area (Å²) in [7, 11) is 0. The van der Waals surface area contributed by atoms with Crippen LogP contribution in [0.1, 0.15) is 46.5 Å². The molecule has 0 radical (unpaired) electrons. The van der Waals surface area contributed by atoms with Crippen LogP contribution >= 0.6 is 11.3 Å². The lowest BCUT2D eigenvalue weighted by atomic mass is 9.70. The molecule has 2 fully saturated rings. The molecule has 2 saturated carbocycles. The van der Waals surface area contributed by atoms with Crippen molar-refractivity contribution in [3.05, 3.63) is 16.8 Å². The largest absolute Gasteiger partial charge is 0.480 e. The molecule has 8 nitrogen and oxygen atoms in total. The Bertz CT molecular complexity index is 819. The van der Waals surface area contributed by atoms with Crippen LogP contribution < -0.4 is 10.2 Å². The fourth-order valence-corrected chi connectivity index (χ4v) is 5.87. The Morgan fingerprint density at radius 3 is 2.67 bits per heavy atom. The molecule has 1 aromatic heterocycles. The SMILES string of the molecule is CC12CCC(C1)C(C)(C)C2OC(=O)C[C@H](NC=O)C(=O)N(CC(=O)O)c1ccsc1. The number of esters is 1. The second kappa shape index (κ2) is 8.37. The predicted octanol–water partition coefficient (Wildman–Crippen LogP) is 2.43. The molecule has 4 atom stereocenters. The molecule has 2 aliphatic carbocycles. The van der Waals surface area contributed by atoms with Crippen molar-refractivity contribution < 1.29 is 29.0 Å². The molecule has 0 saturated heterocycles. The molecule has 2 N–H and O–H groups in total. The van der Waals surface area contributed by atoms with Gasteiger partial charge in [0, 0.05) is 16.2 Å². The van der Waals surface area contributed by atoms with Gasteiger partial charge in [0.25, 0.3) is 5.91 Å². The van der Waals surface area contributed by atoms with Gasteiger partial charge in [-0.2, -0.15) is 11.3 Å². The second-order valence-electron chi connectivity index (χ2n) is 9.13. The van der Waals surface area contributed by atoms with Crippen molar-refractivity contribution in [2.75, 3.05) is 11.4 Å². The van der Waals surface area contributed by atoms with Crippen LogP contribution in [0.25, 0.3) is 0 Å². The standard InChI is InChI=1S/C21H28N2O6S/c1-20(2)13-4-6-21(3,9-13)19(20)29-17(27)8-15(22-12-24)18(28)23(10-16(25)26)14-5-7-30-11-14/h5,7,11-13,15,19H,4,6,8-10H2,1-3H3,(H,22,24)(H,25,26)/t13?,15-,19?,21?/m0/s1. The fourth-order valence-electron chi connectivity index (χ4n) is 5.23. The highest BCUT2D eigenvalue weighted by molar-refractivity contribution is 7.08. The molecule has 2 aliphatic rings. The lowest BCUT2D eigenvalue weighted by molar-refractivity contribution is -0.165.